The highest BCUT2D eigenvalue weighted by Gasteiger charge is 2.29. The predicted molar refractivity (Wildman–Crippen MR) is 104 cm³/mol. The summed E-state index contributed by atoms with van der Waals surface area (Å²) in [5, 5.41) is 11.0. The molecular weight excluding hydrogens is 382 g/mol. The Morgan fingerprint density at radius 1 is 0.964 bits per heavy atom. The number of nitro benzene ring substituents is 1. The Morgan fingerprint density at radius 3 is 2.21 bits per heavy atom. The van der Waals surface area contributed by atoms with Gasteiger partial charge in [0.1, 0.15) is 0 Å². The largest absolute Gasteiger partial charge is 0.337 e. The van der Waals surface area contributed by atoms with E-state index in [2.05, 4.69) is 0 Å². The molecule has 8 nitrogen and oxygen atoms in total. The molecule has 0 unspecified atom stereocenters. The van der Waals surface area contributed by atoms with Crippen LogP contribution in [0.2, 0.25) is 0 Å². The molecule has 1 amide bonds. The molecule has 0 aliphatic carbocycles. The number of sulfonamides is 1. The van der Waals surface area contributed by atoms with Gasteiger partial charge in [0.05, 0.1) is 15.4 Å². The van der Waals surface area contributed by atoms with Crippen molar-refractivity contribution in [2.24, 2.45) is 0 Å². The van der Waals surface area contributed by atoms with E-state index in [9.17, 15) is 23.3 Å². The average Bonchev–Trinajstić information content (AvgIpc) is 2.73. The maximum absolute atomic E-state index is 12.6. The Bertz CT molecular complexity index is 997. The minimum Gasteiger partial charge on any atom is -0.337 e. The van der Waals surface area contributed by atoms with Crippen LogP contribution in [-0.2, 0) is 14.8 Å². The molecule has 1 heterocycles. The van der Waals surface area contributed by atoms with Crippen molar-refractivity contribution in [2.45, 2.75) is 4.90 Å². The number of amides is 1. The zero-order valence-electron chi connectivity index (χ0n) is 15.0. The summed E-state index contributed by atoms with van der Waals surface area (Å²) in [6.07, 6.45) is 2.69. The van der Waals surface area contributed by atoms with Crippen LogP contribution in [0.5, 0.6) is 0 Å². The molecule has 0 spiro atoms. The van der Waals surface area contributed by atoms with Gasteiger partial charge in [-0.25, -0.2) is 8.42 Å². The second-order valence-corrected chi connectivity index (χ2v) is 8.13. The van der Waals surface area contributed by atoms with Gasteiger partial charge in [-0.2, -0.15) is 4.31 Å². The lowest BCUT2D eigenvalue weighted by Crippen LogP contribution is -2.50. The second-order valence-electron chi connectivity index (χ2n) is 6.19. The Hall–Kier alpha value is -3.04. The number of rotatable bonds is 5. The van der Waals surface area contributed by atoms with E-state index in [1.54, 1.807) is 48.5 Å². The van der Waals surface area contributed by atoms with E-state index >= 15 is 0 Å². The normalized spacial score (nSPS) is 15.6. The predicted octanol–water partition coefficient (Wildman–Crippen LogP) is 2.14. The Morgan fingerprint density at radius 2 is 1.57 bits per heavy atom. The molecule has 146 valence electrons. The molecule has 28 heavy (non-hydrogen) atoms. The lowest BCUT2D eigenvalue weighted by Gasteiger charge is -2.33. The second kappa shape index (κ2) is 8.32. The molecule has 2 aromatic carbocycles. The zero-order chi connectivity index (χ0) is 20.1. The smallest absolute Gasteiger partial charge is 0.276 e. The maximum Gasteiger partial charge on any atom is 0.276 e. The van der Waals surface area contributed by atoms with Crippen LogP contribution in [0, 0.1) is 10.1 Å². The van der Waals surface area contributed by atoms with E-state index in [1.807, 2.05) is 0 Å². The van der Waals surface area contributed by atoms with Crippen LogP contribution < -0.4 is 0 Å². The van der Waals surface area contributed by atoms with E-state index in [4.69, 9.17) is 0 Å². The molecule has 1 fully saturated rings. The number of para-hydroxylation sites is 1. The number of carbonyl (C=O) groups is 1. The fourth-order valence-corrected chi connectivity index (χ4v) is 4.39. The molecule has 2 aromatic rings. The standard InChI is InChI=1S/C19H19N3O5S/c23-19(11-10-16-6-4-5-9-18(16)22(24)25)20-12-14-21(15-13-20)28(26,27)17-7-2-1-3-8-17/h1-11H,12-15H2/b11-10+. The van der Waals surface area contributed by atoms with E-state index in [0.29, 0.717) is 5.56 Å². The number of nitro groups is 1. The summed E-state index contributed by atoms with van der Waals surface area (Å²) < 4.78 is 26.6. The van der Waals surface area contributed by atoms with Crippen LogP contribution in [0.1, 0.15) is 5.56 Å². The molecule has 0 N–H and O–H groups in total. The first-order chi connectivity index (χ1) is 13.4. The summed E-state index contributed by atoms with van der Waals surface area (Å²) >= 11 is 0. The Balaban J connectivity index is 1.64. The molecule has 9 heteroatoms. The fourth-order valence-electron chi connectivity index (χ4n) is 2.95. The minimum absolute atomic E-state index is 0.0784. The summed E-state index contributed by atoms with van der Waals surface area (Å²) in [4.78, 5) is 24.7. The van der Waals surface area contributed by atoms with E-state index < -0.39 is 14.9 Å². The lowest BCUT2D eigenvalue weighted by atomic mass is 10.1. The van der Waals surface area contributed by atoms with Gasteiger partial charge < -0.3 is 4.90 Å². The molecule has 0 bridgehead atoms. The molecular formula is C19H19N3O5S. The van der Waals surface area contributed by atoms with Crippen LogP contribution in [0.4, 0.5) is 5.69 Å². The molecule has 0 saturated carbocycles. The Kier molecular flexibility index (Phi) is 5.86. The van der Waals surface area contributed by atoms with Gasteiger partial charge in [0, 0.05) is 38.3 Å². The third kappa shape index (κ3) is 4.26. The lowest BCUT2D eigenvalue weighted by molar-refractivity contribution is -0.385. The van der Waals surface area contributed by atoms with Crippen LogP contribution in [0.25, 0.3) is 6.08 Å². The first-order valence-electron chi connectivity index (χ1n) is 8.65. The van der Waals surface area contributed by atoms with Crippen LogP contribution in [0.15, 0.2) is 65.6 Å². The summed E-state index contributed by atoms with van der Waals surface area (Å²) in [6, 6.07) is 14.3. The first-order valence-corrected chi connectivity index (χ1v) is 10.1. The van der Waals surface area contributed by atoms with Gasteiger partial charge in [0.15, 0.2) is 0 Å². The van der Waals surface area contributed by atoms with Gasteiger partial charge >= 0.3 is 0 Å². The molecule has 1 aliphatic rings. The summed E-state index contributed by atoms with van der Waals surface area (Å²) in [6.45, 7) is 0.906. The van der Waals surface area contributed by atoms with Crippen molar-refractivity contribution in [1.82, 2.24) is 9.21 Å². The number of hydrogen-bond acceptors (Lipinski definition) is 5. The average molecular weight is 401 g/mol. The van der Waals surface area contributed by atoms with Crippen molar-refractivity contribution in [3.8, 4) is 0 Å². The van der Waals surface area contributed by atoms with Gasteiger partial charge in [-0.05, 0) is 24.3 Å². The minimum atomic E-state index is -3.58. The number of benzene rings is 2. The number of hydrogen-bond donors (Lipinski definition) is 0. The fraction of sp³-hybridized carbons (Fsp3) is 0.211. The SMILES string of the molecule is O=C(/C=C/c1ccccc1[N+](=O)[O-])N1CCN(S(=O)(=O)c2ccccc2)CC1. The maximum atomic E-state index is 12.6. The molecule has 3 rings (SSSR count). The van der Waals surface area contributed by atoms with Gasteiger partial charge in [0.2, 0.25) is 15.9 Å². The molecule has 0 atom stereocenters. The van der Waals surface area contributed by atoms with E-state index in [-0.39, 0.29) is 42.7 Å². The highest BCUT2D eigenvalue weighted by molar-refractivity contribution is 7.89. The molecule has 1 saturated heterocycles. The van der Waals surface area contributed by atoms with Crippen LogP contribution >= 0.6 is 0 Å². The van der Waals surface area contributed by atoms with Crippen molar-refractivity contribution in [1.29, 1.82) is 0 Å². The highest BCUT2D eigenvalue weighted by Crippen LogP contribution is 2.20. The van der Waals surface area contributed by atoms with Crippen molar-refractivity contribution < 1.29 is 18.1 Å². The number of piperazine rings is 1. The van der Waals surface area contributed by atoms with Crippen molar-refractivity contribution >= 4 is 27.7 Å². The van der Waals surface area contributed by atoms with E-state index in [0.717, 1.165) is 0 Å². The topological polar surface area (TPSA) is 101 Å². The molecule has 1 aliphatic heterocycles. The quantitative estimate of drug-likeness (QED) is 0.434. The third-order valence-electron chi connectivity index (χ3n) is 4.47. The number of carbonyl (C=O) groups excluding carboxylic acids is 1. The van der Waals surface area contributed by atoms with Crippen molar-refractivity contribution in [2.75, 3.05) is 26.2 Å². The van der Waals surface area contributed by atoms with Crippen LogP contribution in [0.3, 0.4) is 0 Å². The van der Waals surface area contributed by atoms with E-state index in [1.165, 1.54) is 27.4 Å². The monoisotopic (exact) mass is 401 g/mol. The van der Waals surface area contributed by atoms with Gasteiger partial charge in [-0.15, -0.1) is 0 Å². The highest BCUT2D eigenvalue weighted by atomic mass is 32.2. The van der Waals surface area contributed by atoms with Crippen molar-refractivity contribution in [3.63, 3.8) is 0 Å². The third-order valence-corrected chi connectivity index (χ3v) is 6.38. The summed E-state index contributed by atoms with van der Waals surface area (Å²) in [5.41, 5.74) is 0.261. The first kappa shape index (κ1) is 19.7. The number of nitrogens with zero attached hydrogens (tertiary/aromatic N) is 3. The Labute approximate surface area is 162 Å². The molecule has 0 aromatic heterocycles. The van der Waals surface area contributed by atoms with Crippen molar-refractivity contribution in [3.05, 3.63) is 76.4 Å². The molecule has 0 radical (unpaired) electrons. The zero-order valence-corrected chi connectivity index (χ0v) is 15.8. The van der Waals surface area contributed by atoms with Crippen LogP contribution in [-0.4, -0.2) is 54.6 Å². The van der Waals surface area contributed by atoms with Gasteiger partial charge in [-0.3, -0.25) is 14.9 Å². The summed E-state index contributed by atoms with van der Waals surface area (Å²) in [5.74, 6) is -0.310. The van der Waals surface area contributed by atoms with Gasteiger partial charge in [0.25, 0.3) is 5.69 Å². The summed E-state index contributed by atoms with van der Waals surface area (Å²) in [7, 11) is -3.58. The van der Waals surface area contributed by atoms with Gasteiger partial charge in [-0.1, -0.05) is 30.3 Å².